The van der Waals surface area contributed by atoms with Crippen LogP contribution in [0.4, 0.5) is 4.39 Å². The lowest BCUT2D eigenvalue weighted by Gasteiger charge is -2.35. The fourth-order valence-corrected chi connectivity index (χ4v) is 2.75. The van der Waals surface area contributed by atoms with Crippen molar-refractivity contribution >= 4 is 0 Å². The standard InChI is InChI=1S/C16H25FN2O/c1-13(2)20-16-6-4-3-5-14(16)15(7-8-17)19-11-9-18-10-12-19/h3-6,13,15,18H,7-12H2,1-2H3/t15-/m1/s1. The van der Waals surface area contributed by atoms with E-state index in [4.69, 9.17) is 4.74 Å². The van der Waals surface area contributed by atoms with Crippen LogP contribution in [0.25, 0.3) is 0 Å². The molecule has 1 aliphatic rings. The molecule has 20 heavy (non-hydrogen) atoms. The summed E-state index contributed by atoms with van der Waals surface area (Å²) in [6.07, 6.45) is 0.656. The highest BCUT2D eigenvalue weighted by Gasteiger charge is 2.24. The molecule has 0 unspecified atom stereocenters. The number of benzene rings is 1. The lowest BCUT2D eigenvalue weighted by Crippen LogP contribution is -2.45. The third-order valence-corrected chi connectivity index (χ3v) is 3.62. The largest absolute Gasteiger partial charge is 0.491 e. The van der Waals surface area contributed by atoms with Gasteiger partial charge in [0, 0.05) is 37.8 Å². The molecular weight excluding hydrogens is 255 g/mol. The summed E-state index contributed by atoms with van der Waals surface area (Å²) in [5.74, 6) is 0.888. The molecule has 1 fully saturated rings. The zero-order valence-electron chi connectivity index (χ0n) is 12.4. The minimum Gasteiger partial charge on any atom is -0.491 e. The second kappa shape index (κ2) is 7.60. The Morgan fingerprint density at radius 2 is 1.95 bits per heavy atom. The average molecular weight is 280 g/mol. The summed E-state index contributed by atoms with van der Waals surface area (Å²) >= 11 is 0. The van der Waals surface area contributed by atoms with Gasteiger partial charge in [-0.2, -0.15) is 0 Å². The SMILES string of the molecule is CC(C)Oc1ccccc1[C@@H](CCF)N1CCNCC1. The van der Waals surface area contributed by atoms with E-state index in [2.05, 4.69) is 16.3 Å². The van der Waals surface area contributed by atoms with Gasteiger partial charge in [0.25, 0.3) is 0 Å². The van der Waals surface area contributed by atoms with E-state index < -0.39 is 0 Å². The molecule has 0 amide bonds. The van der Waals surface area contributed by atoms with Gasteiger partial charge in [0.05, 0.1) is 12.8 Å². The highest BCUT2D eigenvalue weighted by Crippen LogP contribution is 2.32. The Hall–Kier alpha value is -1.13. The Morgan fingerprint density at radius 1 is 1.25 bits per heavy atom. The number of rotatable bonds is 6. The van der Waals surface area contributed by atoms with Crippen molar-refractivity contribution in [2.45, 2.75) is 32.4 Å². The van der Waals surface area contributed by atoms with Crippen molar-refractivity contribution in [3.63, 3.8) is 0 Å². The van der Waals surface area contributed by atoms with Crippen LogP contribution >= 0.6 is 0 Å². The number of hydrogen-bond donors (Lipinski definition) is 1. The number of nitrogens with zero attached hydrogens (tertiary/aromatic N) is 1. The van der Waals surface area contributed by atoms with E-state index in [9.17, 15) is 4.39 Å². The van der Waals surface area contributed by atoms with E-state index in [-0.39, 0.29) is 18.8 Å². The lowest BCUT2D eigenvalue weighted by atomic mass is 10.0. The fourth-order valence-electron chi connectivity index (χ4n) is 2.75. The summed E-state index contributed by atoms with van der Waals surface area (Å²) in [5, 5.41) is 3.34. The van der Waals surface area contributed by atoms with Crippen LogP contribution < -0.4 is 10.1 Å². The summed E-state index contributed by atoms with van der Waals surface area (Å²) in [6.45, 7) is 7.59. The summed E-state index contributed by atoms with van der Waals surface area (Å²) in [6, 6.07) is 8.15. The molecule has 1 heterocycles. The van der Waals surface area contributed by atoms with Crippen LogP contribution in [-0.4, -0.2) is 43.9 Å². The van der Waals surface area contributed by atoms with Crippen LogP contribution in [0.1, 0.15) is 31.9 Å². The van der Waals surface area contributed by atoms with Crippen LogP contribution in [0.3, 0.4) is 0 Å². The van der Waals surface area contributed by atoms with E-state index in [0.29, 0.717) is 6.42 Å². The number of piperazine rings is 1. The molecule has 0 aliphatic carbocycles. The molecule has 0 saturated carbocycles. The molecule has 1 atom stereocenters. The maximum absolute atomic E-state index is 13.0. The monoisotopic (exact) mass is 280 g/mol. The Bertz CT molecular complexity index is 405. The lowest BCUT2D eigenvalue weighted by molar-refractivity contribution is 0.150. The summed E-state index contributed by atoms with van der Waals surface area (Å²) < 4.78 is 18.9. The molecule has 1 aromatic rings. The van der Waals surface area contributed by atoms with Crippen LogP contribution in [0.15, 0.2) is 24.3 Å². The smallest absolute Gasteiger partial charge is 0.124 e. The van der Waals surface area contributed by atoms with E-state index in [1.54, 1.807) is 0 Å². The maximum Gasteiger partial charge on any atom is 0.124 e. The van der Waals surface area contributed by atoms with Gasteiger partial charge in [-0.25, -0.2) is 0 Å². The zero-order valence-corrected chi connectivity index (χ0v) is 12.4. The molecule has 1 aliphatic heterocycles. The number of halogens is 1. The van der Waals surface area contributed by atoms with Gasteiger partial charge in [0.15, 0.2) is 0 Å². The van der Waals surface area contributed by atoms with Crippen molar-refractivity contribution in [3.05, 3.63) is 29.8 Å². The number of para-hydroxylation sites is 1. The van der Waals surface area contributed by atoms with E-state index in [1.807, 2.05) is 32.0 Å². The minimum absolute atomic E-state index is 0.108. The van der Waals surface area contributed by atoms with E-state index in [0.717, 1.165) is 37.5 Å². The molecule has 112 valence electrons. The third-order valence-electron chi connectivity index (χ3n) is 3.62. The first kappa shape index (κ1) is 15.3. The molecule has 0 bridgehead atoms. The highest BCUT2D eigenvalue weighted by molar-refractivity contribution is 5.36. The Morgan fingerprint density at radius 3 is 2.60 bits per heavy atom. The zero-order chi connectivity index (χ0) is 14.4. The second-order valence-corrected chi connectivity index (χ2v) is 5.48. The molecule has 0 aromatic heterocycles. The van der Waals surface area contributed by atoms with E-state index in [1.165, 1.54) is 0 Å². The molecule has 4 heteroatoms. The topological polar surface area (TPSA) is 24.5 Å². The number of hydrogen-bond acceptors (Lipinski definition) is 3. The van der Waals surface area contributed by atoms with Gasteiger partial charge in [0.1, 0.15) is 5.75 Å². The Balaban J connectivity index is 2.23. The Kier molecular flexibility index (Phi) is 5.80. The molecule has 1 saturated heterocycles. The molecular formula is C16H25FN2O. The highest BCUT2D eigenvalue weighted by atomic mass is 19.1. The van der Waals surface area contributed by atoms with Crippen LogP contribution in [0, 0.1) is 0 Å². The van der Waals surface area contributed by atoms with Gasteiger partial charge in [-0.3, -0.25) is 9.29 Å². The van der Waals surface area contributed by atoms with Crippen molar-refractivity contribution in [1.29, 1.82) is 0 Å². The van der Waals surface area contributed by atoms with Crippen LogP contribution in [-0.2, 0) is 0 Å². The molecule has 1 N–H and O–H groups in total. The van der Waals surface area contributed by atoms with Gasteiger partial charge in [-0.05, 0) is 26.3 Å². The number of ether oxygens (including phenoxy) is 1. The van der Waals surface area contributed by atoms with E-state index >= 15 is 0 Å². The molecule has 1 aromatic carbocycles. The molecule has 0 radical (unpaired) electrons. The molecule has 3 nitrogen and oxygen atoms in total. The minimum atomic E-state index is -0.301. The summed E-state index contributed by atoms with van der Waals surface area (Å²) in [5.41, 5.74) is 1.11. The summed E-state index contributed by atoms with van der Waals surface area (Å²) in [7, 11) is 0. The molecule has 2 rings (SSSR count). The maximum atomic E-state index is 13.0. The quantitative estimate of drug-likeness (QED) is 0.867. The first-order chi connectivity index (χ1) is 9.72. The van der Waals surface area contributed by atoms with Gasteiger partial charge in [-0.1, -0.05) is 18.2 Å². The van der Waals surface area contributed by atoms with Crippen LogP contribution in [0.2, 0.25) is 0 Å². The predicted octanol–water partition coefficient (Wildman–Crippen LogP) is 2.78. The Labute approximate surface area is 121 Å². The van der Waals surface area contributed by atoms with Gasteiger partial charge in [0.2, 0.25) is 0 Å². The van der Waals surface area contributed by atoms with Crippen molar-refractivity contribution < 1.29 is 9.13 Å². The van der Waals surface area contributed by atoms with Gasteiger partial charge >= 0.3 is 0 Å². The van der Waals surface area contributed by atoms with Crippen LogP contribution in [0.5, 0.6) is 5.75 Å². The van der Waals surface area contributed by atoms with Gasteiger partial charge in [-0.15, -0.1) is 0 Å². The third kappa shape index (κ3) is 3.93. The normalized spacial score (nSPS) is 18.2. The second-order valence-electron chi connectivity index (χ2n) is 5.48. The first-order valence-electron chi connectivity index (χ1n) is 7.48. The fraction of sp³-hybridized carbons (Fsp3) is 0.625. The van der Waals surface area contributed by atoms with Gasteiger partial charge < -0.3 is 10.1 Å². The number of nitrogens with one attached hydrogen (secondary N) is 1. The summed E-state index contributed by atoms with van der Waals surface area (Å²) in [4.78, 5) is 2.36. The average Bonchev–Trinajstić information content (AvgIpc) is 2.46. The predicted molar refractivity (Wildman–Crippen MR) is 80.0 cm³/mol. The number of alkyl halides is 1. The molecule has 0 spiro atoms. The van der Waals surface area contributed by atoms with Crippen molar-refractivity contribution in [3.8, 4) is 5.75 Å². The van der Waals surface area contributed by atoms with Crippen molar-refractivity contribution in [2.24, 2.45) is 0 Å². The first-order valence-corrected chi connectivity index (χ1v) is 7.48. The van der Waals surface area contributed by atoms with Crippen molar-refractivity contribution in [2.75, 3.05) is 32.9 Å². The van der Waals surface area contributed by atoms with Crippen molar-refractivity contribution in [1.82, 2.24) is 10.2 Å².